The van der Waals surface area contributed by atoms with Crippen LogP contribution in [0.5, 0.6) is 0 Å². The Bertz CT molecular complexity index is 1210. The van der Waals surface area contributed by atoms with Crippen LogP contribution in [0, 0.1) is 25.2 Å². The number of hydrogen-bond acceptors (Lipinski definition) is 6. The third-order valence-corrected chi connectivity index (χ3v) is 4.66. The Morgan fingerprint density at radius 2 is 1.87 bits per heavy atom. The summed E-state index contributed by atoms with van der Waals surface area (Å²) in [5, 5.41) is 8.94. The van der Waals surface area contributed by atoms with E-state index in [0.29, 0.717) is 16.7 Å². The Morgan fingerprint density at radius 3 is 2.58 bits per heavy atom. The van der Waals surface area contributed by atoms with E-state index in [1.165, 1.54) is 9.47 Å². The van der Waals surface area contributed by atoms with E-state index in [0.717, 1.165) is 17.3 Å². The summed E-state index contributed by atoms with van der Waals surface area (Å²) < 4.78 is 6.42. The topological polar surface area (TPSA) is 105 Å². The van der Waals surface area contributed by atoms with Gasteiger partial charge < -0.3 is 9.64 Å². The summed E-state index contributed by atoms with van der Waals surface area (Å²) in [7, 11) is 0. The molecule has 1 amide bonds. The van der Waals surface area contributed by atoms with Crippen molar-refractivity contribution < 1.29 is 14.3 Å². The maximum absolute atomic E-state index is 12.8. The summed E-state index contributed by atoms with van der Waals surface area (Å²) in [6.45, 7) is 3.19. The molecule has 0 saturated heterocycles. The molecule has 3 rings (SSSR count). The molecule has 0 fully saturated rings. The van der Waals surface area contributed by atoms with Gasteiger partial charge in [-0.2, -0.15) is 5.26 Å². The maximum atomic E-state index is 12.8. The Balaban J connectivity index is 1.72. The van der Waals surface area contributed by atoms with Crippen LogP contribution in [-0.2, 0) is 20.9 Å². The first-order valence-electron chi connectivity index (χ1n) is 9.75. The zero-order chi connectivity index (χ0) is 22.4. The second kappa shape index (κ2) is 9.67. The number of nitrogens with zero attached hydrogens (tertiary/aromatic N) is 4. The molecule has 0 atom stereocenters. The van der Waals surface area contributed by atoms with E-state index in [1.807, 2.05) is 38.1 Å². The molecule has 0 saturated carbocycles. The highest BCUT2D eigenvalue weighted by atomic mass is 16.5. The number of amides is 1. The molecular formula is C23H22N4O4. The number of aromatic nitrogens is 2. The predicted octanol–water partition coefficient (Wildman–Crippen LogP) is 2.50. The Labute approximate surface area is 179 Å². The van der Waals surface area contributed by atoms with Gasteiger partial charge in [0, 0.05) is 12.2 Å². The van der Waals surface area contributed by atoms with Gasteiger partial charge in [0.1, 0.15) is 6.54 Å². The van der Waals surface area contributed by atoms with Crippen molar-refractivity contribution in [3.8, 4) is 6.07 Å². The van der Waals surface area contributed by atoms with Crippen LogP contribution in [-0.4, -0.2) is 34.6 Å². The van der Waals surface area contributed by atoms with Crippen LogP contribution in [0.25, 0.3) is 11.0 Å². The molecule has 0 N–H and O–H groups in total. The normalized spacial score (nSPS) is 10.5. The van der Waals surface area contributed by atoms with Gasteiger partial charge in [0.15, 0.2) is 6.61 Å². The summed E-state index contributed by atoms with van der Waals surface area (Å²) in [5.41, 5.74) is 3.24. The van der Waals surface area contributed by atoms with Crippen molar-refractivity contribution in [3.05, 3.63) is 70.1 Å². The molecule has 2 aromatic carbocycles. The lowest BCUT2D eigenvalue weighted by Crippen LogP contribution is -2.36. The largest absolute Gasteiger partial charge is 0.454 e. The summed E-state index contributed by atoms with van der Waals surface area (Å²) >= 11 is 0. The molecule has 0 bridgehead atoms. The number of aryl methyl sites for hydroxylation is 2. The molecule has 1 heterocycles. The zero-order valence-corrected chi connectivity index (χ0v) is 17.4. The number of benzene rings is 2. The highest BCUT2D eigenvalue weighted by molar-refractivity contribution is 5.95. The summed E-state index contributed by atoms with van der Waals surface area (Å²) in [4.78, 5) is 42.8. The Kier molecular flexibility index (Phi) is 6.78. The van der Waals surface area contributed by atoms with Crippen LogP contribution in [0.1, 0.15) is 17.5 Å². The monoisotopic (exact) mass is 418 g/mol. The van der Waals surface area contributed by atoms with Crippen molar-refractivity contribution in [2.45, 2.75) is 26.8 Å². The van der Waals surface area contributed by atoms with Crippen LogP contribution < -0.4 is 10.5 Å². The standard InChI is InChI=1S/C23H22N4O4/c1-16-10-17(2)12-18(11-16)26(9-5-8-24)22(29)15-31-23(30)14-27-20-7-4-3-6-19(20)25-13-21(27)28/h3-4,6-7,10-13H,5,9,14-15H2,1-2H3. The van der Waals surface area contributed by atoms with E-state index in [4.69, 9.17) is 10.00 Å². The summed E-state index contributed by atoms with van der Waals surface area (Å²) in [6.07, 6.45) is 1.29. The number of rotatable bonds is 7. The average molecular weight is 418 g/mol. The van der Waals surface area contributed by atoms with E-state index < -0.39 is 24.0 Å². The van der Waals surface area contributed by atoms with Gasteiger partial charge in [0.2, 0.25) is 0 Å². The molecule has 0 aliphatic carbocycles. The number of esters is 1. The van der Waals surface area contributed by atoms with E-state index in [-0.39, 0.29) is 19.5 Å². The lowest BCUT2D eigenvalue weighted by atomic mass is 10.1. The van der Waals surface area contributed by atoms with Crippen molar-refractivity contribution in [3.63, 3.8) is 0 Å². The van der Waals surface area contributed by atoms with Crippen LogP contribution in [0.2, 0.25) is 0 Å². The van der Waals surface area contributed by atoms with Crippen molar-refractivity contribution in [2.24, 2.45) is 0 Å². The third kappa shape index (κ3) is 5.34. The number of ether oxygens (including phenoxy) is 1. The predicted molar refractivity (Wildman–Crippen MR) is 115 cm³/mol. The first-order chi connectivity index (χ1) is 14.9. The van der Waals surface area contributed by atoms with Crippen molar-refractivity contribution in [2.75, 3.05) is 18.1 Å². The van der Waals surface area contributed by atoms with Crippen molar-refractivity contribution in [1.82, 2.24) is 9.55 Å². The Morgan fingerprint density at radius 1 is 1.16 bits per heavy atom. The summed E-state index contributed by atoms with van der Waals surface area (Å²) in [6, 6.07) is 14.6. The van der Waals surface area contributed by atoms with Crippen LogP contribution in [0.3, 0.4) is 0 Å². The molecule has 8 heteroatoms. The van der Waals surface area contributed by atoms with Crippen LogP contribution >= 0.6 is 0 Å². The van der Waals surface area contributed by atoms with Gasteiger partial charge in [-0.15, -0.1) is 0 Å². The minimum atomic E-state index is -0.715. The van der Waals surface area contributed by atoms with Gasteiger partial charge in [-0.05, 0) is 49.2 Å². The lowest BCUT2D eigenvalue weighted by Gasteiger charge is -2.22. The van der Waals surface area contributed by atoms with Gasteiger partial charge in [0.25, 0.3) is 11.5 Å². The maximum Gasteiger partial charge on any atom is 0.326 e. The van der Waals surface area contributed by atoms with Crippen molar-refractivity contribution >= 4 is 28.6 Å². The van der Waals surface area contributed by atoms with E-state index in [2.05, 4.69) is 4.98 Å². The fourth-order valence-electron chi connectivity index (χ4n) is 3.34. The zero-order valence-electron chi connectivity index (χ0n) is 17.4. The highest BCUT2D eigenvalue weighted by Crippen LogP contribution is 2.19. The number of nitriles is 1. The number of fused-ring (bicyclic) bond motifs is 1. The van der Waals surface area contributed by atoms with Crippen LogP contribution in [0.4, 0.5) is 5.69 Å². The van der Waals surface area contributed by atoms with Crippen molar-refractivity contribution in [1.29, 1.82) is 5.26 Å². The molecule has 3 aromatic rings. The molecule has 0 aliphatic rings. The summed E-state index contributed by atoms with van der Waals surface area (Å²) in [5.74, 6) is -1.16. The second-order valence-corrected chi connectivity index (χ2v) is 7.13. The number of hydrogen-bond donors (Lipinski definition) is 0. The van der Waals surface area contributed by atoms with Crippen LogP contribution in [0.15, 0.2) is 53.5 Å². The smallest absolute Gasteiger partial charge is 0.326 e. The number of carbonyl (C=O) groups excluding carboxylic acids is 2. The Hall–Kier alpha value is -3.99. The van der Waals surface area contributed by atoms with E-state index in [1.54, 1.807) is 24.3 Å². The van der Waals surface area contributed by atoms with E-state index >= 15 is 0 Å². The van der Waals surface area contributed by atoms with Gasteiger partial charge in [0.05, 0.1) is 29.7 Å². The molecular weight excluding hydrogens is 396 g/mol. The number of para-hydroxylation sites is 2. The van der Waals surface area contributed by atoms with Gasteiger partial charge in [-0.3, -0.25) is 19.0 Å². The molecule has 8 nitrogen and oxygen atoms in total. The lowest BCUT2D eigenvalue weighted by molar-refractivity contribution is -0.148. The molecule has 0 radical (unpaired) electrons. The third-order valence-electron chi connectivity index (χ3n) is 4.66. The van der Waals surface area contributed by atoms with Gasteiger partial charge in [-0.1, -0.05) is 18.2 Å². The highest BCUT2D eigenvalue weighted by Gasteiger charge is 2.19. The number of anilines is 1. The molecule has 158 valence electrons. The molecule has 0 spiro atoms. The van der Waals surface area contributed by atoms with Gasteiger partial charge in [-0.25, -0.2) is 4.98 Å². The average Bonchev–Trinajstić information content (AvgIpc) is 2.74. The fraction of sp³-hybridized carbons (Fsp3) is 0.261. The minimum absolute atomic E-state index is 0.144. The quantitative estimate of drug-likeness (QED) is 0.546. The molecule has 31 heavy (non-hydrogen) atoms. The molecule has 1 aromatic heterocycles. The van der Waals surface area contributed by atoms with E-state index in [9.17, 15) is 14.4 Å². The number of carbonyl (C=O) groups is 2. The molecule has 0 unspecified atom stereocenters. The minimum Gasteiger partial charge on any atom is -0.454 e. The fourth-order valence-corrected chi connectivity index (χ4v) is 3.34. The second-order valence-electron chi connectivity index (χ2n) is 7.13. The SMILES string of the molecule is Cc1cc(C)cc(N(CCC#N)C(=O)COC(=O)Cn2c(=O)cnc3ccccc32)c1. The van der Waals surface area contributed by atoms with Gasteiger partial charge >= 0.3 is 5.97 Å². The first kappa shape index (κ1) is 21.7. The first-order valence-corrected chi connectivity index (χ1v) is 9.75. The molecule has 0 aliphatic heterocycles.